The van der Waals surface area contributed by atoms with Gasteiger partial charge < -0.3 is 10.8 Å². The molecule has 15 heavy (non-hydrogen) atoms. The Morgan fingerprint density at radius 2 is 2.13 bits per heavy atom. The Hall–Kier alpha value is -0.810. The van der Waals surface area contributed by atoms with Crippen LogP contribution >= 0.6 is 11.8 Å². The number of aromatic nitrogens is 2. The largest absolute Gasteiger partial charge is 0.396 e. The Balaban J connectivity index is 2.31. The highest BCUT2D eigenvalue weighted by Gasteiger charge is 2.00. The second-order valence-corrected chi connectivity index (χ2v) is 4.41. The first kappa shape index (κ1) is 12.3. The first-order valence-corrected chi connectivity index (χ1v) is 6.06. The van der Waals surface area contributed by atoms with E-state index in [2.05, 4.69) is 9.97 Å². The van der Waals surface area contributed by atoms with Crippen LogP contribution in [0.2, 0.25) is 0 Å². The molecule has 0 bridgehead atoms. The van der Waals surface area contributed by atoms with Crippen molar-refractivity contribution in [3.8, 4) is 0 Å². The molecule has 0 unspecified atom stereocenters. The van der Waals surface area contributed by atoms with E-state index >= 15 is 0 Å². The van der Waals surface area contributed by atoms with Crippen molar-refractivity contribution in [2.45, 2.75) is 31.3 Å². The number of anilines is 1. The van der Waals surface area contributed by atoms with Crippen LogP contribution in [0.4, 0.5) is 5.82 Å². The number of nitrogens with two attached hydrogens (primary N) is 1. The minimum absolute atomic E-state index is 0.276. The molecule has 0 fully saturated rings. The molecule has 84 valence electrons. The van der Waals surface area contributed by atoms with Crippen molar-refractivity contribution < 1.29 is 5.11 Å². The molecule has 1 aromatic heterocycles. The van der Waals surface area contributed by atoms with Gasteiger partial charge in [0.2, 0.25) is 0 Å². The normalized spacial score (nSPS) is 10.5. The highest BCUT2D eigenvalue weighted by atomic mass is 32.2. The number of thioether (sulfide) groups is 1. The van der Waals surface area contributed by atoms with Crippen molar-refractivity contribution in [3.63, 3.8) is 0 Å². The van der Waals surface area contributed by atoms with E-state index in [1.54, 1.807) is 17.8 Å². The SMILES string of the molecule is Cc1cc(N)nc(SCCCCCO)n1. The molecule has 0 spiro atoms. The molecule has 0 atom stereocenters. The van der Waals surface area contributed by atoms with Gasteiger partial charge in [-0.25, -0.2) is 9.97 Å². The summed E-state index contributed by atoms with van der Waals surface area (Å²) in [5.41, 5.74) is 6.52. The molecule has 1 rings (SSSR count). The van der Waals surface area contributed by atoms with E-state index < -0.39 is 0 Å². The van der Waals surface area contributed by atoms with Crippen LogP contribution in [0.25, 0.3) is 0 Å². The van der Waals surface area contributed by atoms with Crippen LogP contribution < -0.4 is 5.73 Å². The zero-order valence-electron chi connectivity index (χ0n) is 8.94. The number of nitrogens with zero attached hydrogens (tertiary/aromatic N) is 2. The summed E-state index contributed by atoms with van der Waals surface area (Å²) < 4.78 is 0. The first-order valence-electron chi connectivity index (χ1n) is 5.07. The Morgan fingerprint density at radius 1 is 1.33 bits per heavy atom. The highest BCUT2D eigenvalue weighted by molar-refractivity contribution is 7.99. The molecular formula is C10H17N3OS. The maximum absolute atomic E-state index is 8.61. The first-order chi connectivity index (χ1) is 7.22. The van der Waals surface area contributed by atoms with Crippen molar-refractivity contribution in [2.75, 3.05) is 18.1 Å². The third kappa shape index (κ3) is 4.99. The molecule has 5 heteroatoms. The molecule has 0 aromatic carbocycles. The van der Waals surface area contributed by atoms with Crippen molar-refractivity contribution in [3.05, 3.63) is 11.8 Å². The summed E-state index contributed by atoms with van der Waals surface area (Å²) >= 11 is 1.62. The summed E-state index contributed by atoms with van der Waals surface area (Å²) in [7, 11) is 0. The van der Waals surface area contributed by atoms with E-state index in [0.717, 1.165) is 35.9 Å². The van der Waals surface area contributed by atoms with Gasteiger partial charge in [0, 0.05) is 24.1 Å². The third-order valence-corrected chi connectivity index (χ3v) is 2.82. The zero-order chi connectivity index (χ0) is 11.1. The quantitative estimate of drug-likeness (QED) is 0.439. The Labute approximate surface area is 94.3 Å². The molecule has 0 saturated heterocycles. The van der Waals surface area contributed by atoms with Gasteiger partial charge in [0.25, 0.3) is 0 Å². The summed E-state index contributed by atoms with van der Waals surface area (Å²) in [6, 6.07) is 1.76. The van der Waals surface area contributed by atoms with Crippen LogP contribution in [-0.4, -0.2) is 27.4 Å². The van der Waals surface area contributed by atoms with Gasteiger partial charge >= 0.3 is 0 Å². The average Bonchev–Trinajstić information content (AvgIpc) is 2.16. The number of hydrogen-bond donors (Lipinski definition) is 2. The standard InChI is InChI=1S/C10H17N3OS/c1-8-7-9(11)13-10(12-8)15-6-4-2-3-5-14/h7,14H,2-6H2,1H3,(H2,11,12,13). The van der Waals surface area contributed by atoms with Crippen LogP contribution in [0.1, 0.15) is 25.0 Å². The lowest BCUT2D eigenvalue weighted by atomic mass is 10.3. The van der Waals surface area contributed by atoms with Gasteiger partial charge in [-0.15, -0.1) is 0 Å². The van der Waals surface area contributed by atoms with Gasteiger partial charge in [0.05, 0.1) is 0 Å². The second-order valence-electron chi connectivity index (χ2n) is 3.35. The van der Waals surface area contributed by atoms with Gasteiger partial charge in [-0.05, 0) is 19.8 Å². The van der Waals surface area contributed by atoms with Gasteiger partial charge in [0.15, 0.2) is 5.16 Å². The summed E-state index contributed by atoms with van der Waals surface area (Å²) in [6.45, 7) is 2.19. The summed E-state index contributed by atoms with van der Waals surface area (Å²) in [5.74, 6) is 1.50. The van der Waals surface area contributed by atoms with Crippen LogP contribution in [0.5, 0.6) is 0 Å². The summed E-state index contributed by atoms with van der Waals surface area (Å²) in [5, 5.41) is 9.35. The van der Waals surface area contributed by atoms with Crippen molar-refractivity contribution in [1.82, 2.24) is 9.97 Å². The number of rotatable bonds is 6. The van der Waals surface area contributed by atoms with Crippen LogP contribution in [0.3, 0.4) is 0 Å². The molecular weight excluding hydrogens is 210 g/mol. The number of unbranched alkanes of at least 4 members (excludes halogenated alkanes) is 2. The predicted octanol–water partition coefficient (Wildman–Crippen LogP) is 1.62. The fourth-order valence-corrected chi connectivity index (χ4v) is 2.09. The van der Waals surface area contributed by atoms with Crippen molar-refractivity contribution in [2.24, 2.45) is 0 Å². The molecule has 0 saturated carbocycles. The van der Waals surface area contributed by atoms with E-state index in [0.29, 0.717) is 5.82 Å². The minimum atomic E-state index is 0.276. The van der Waals surface area contributed by atoms with E-state index in [1.165, 1.54) is 0 Å². The van der Waals surface area contributed by atoms with Crippen LogP contribution in [0.15, 0.2) is 11.2 Å². The lowest BCUT2D eigenvalue weighted by Crippen LogP contribution is -1.97. The Morgan fingerprint density at radius 3 is 2.80 bits per heavy atom. The monoisotopic (exact) mass is 227 g/mol. The summed E-state index contributed by atoms with van der Waals surface area (Å²) in [6.07, 6.45) is 2.99. The lowest BCUT2D eigenvalue weighted by Gasteiger charge is -2.02. The smallest absolute Gasteiger partial charge is 0.189 e. The topological polar surface area (TPSA) is 72.0 Å². The van der Waals surface area contributed by atoms with Crippen molar-refractivity contribution in [1.29, 1.82) is 0 Å². The molecule has 1 aromatic rings. The molecule has 1 heterocycles. The molecule has 0 aliphatic heterocycles. The Kier molecular flexibility index (Phi) is 5.42. The van der Waals surface area contributed by atoms with E-state index in [1.807, 2.05) is 6.92 Å². The molecule has 0 aliphatic carbocycles. The van der Waals surface area contributed by atoms with E-state index in [9.17, 15) is 0 Å². The van der Waals surface area contributed by atoms with Gasteiger partial charge in [-0.3, -0.25) is 0 Å². The molecule has 0 radical (unpaired) electrons. The number of aliphatic hydroxyl groups excluding tert-OH is 1. The average molecular weight is 227 g/mol. The van der Waals surface area contributed by atoms with E-state index in [-0.39, 0.29) is 6.61 Å². The van der Waals surface area contributed by atoms with Gasteiger partial charge in [0.1, 0.15) is 5.82 Å². The third-order valence-electron chi connectivity index (χ3n) is 1.89. The maximum atomic E-state index is 8.61. The molecule has 4 nitrogen and oxygen atoms in total. The second kappa shape index (κ2) is 6.63. The van der Waals surface area contributed by atoms with E-state index in [4.69, 9.17) is 10.8 Å². The summed E-state index contributed by atoms with van der Waals surface area (Å²) in [4.78, 5) is 8.41. The Bertz CT molecular complexity index is 286. The number of aliphatic hydroxyl groups is 1. The van der Waals surface area contributed by atoms with Gasteiger partial charge in [-0.1, -0.05) is 18.2 Å². The van der Waals surface area contributed by atoms with Crippen LogP contribution in [-0.2, 0) is 0 Å². The minimum Gasteiger partial charge on any atom is -0.396 e. The maximum Gasteiger partial charge on any atom is 0.189 e. The zero-order valence-corrected chi connectivity index (χ0v) is 9.76. The molecule has 3 N–H and O–H groups in total. The number of nitrogen functional groups attached to an aromatic ring is 1. The number of aryl methyl sites for hydroxylation is 1. The number of hydrogen-bond acceptors (Lipinski definition) is 5. The molecule has 0 amide bonds. The van der Waals surface area contributed by atoms with Gasteiger partial charge in [-0.2, -0.15) is 0 Å². The fraction of sp³-hybridized carbons (Fsp3) is 0.600. The predicted molar refractivity (Wildman–Crippen MR) is 62.8 cm³/mol. The van der Waals surface area contributed by atoms with Crippen molar-refractivity contribution >= 4 is 17.6 Å². The van der Waals surface area contributed by atoms with Crippen LogP contribution in [0, 0.1) is 6.92 Å². The lowest BCUT2D eigenvalue weighted by molar-refractivity contribution is 0.284. The highest BCUT2D eigenvalue weighted by Crippen LogP contribution is 2.16. The molecule has 0 aliphatic rings. The fourth-order valence-electron chi connectivity index (χ4n) is 1.18.